The molecule has 1 aliphatic rings. The van der Waals surface area contributed by atoms with Crippen molar-refractivity contribution < 1.29 is 14.3 Å². The molecule has 0 radical (unpaired) electrons. The summed E-state index contributed by atoms with van der Waals surface area (Å²) in [5, 5.41) is 3.97. The van der Waals surface area contributed by atoms with Crippen LogP contribution in [0.3, 0.4) is 0 Å². The zero-order chi connectivity index (χ0) is 18.9. The largest absolute Gasteiger partial charge is 0.489 e. The Morgan fingerprint density at radius 1 is 1.41 bits per heavy atom. The molecule has 0 spiro atoms. The minimum absolute atomic E-state index is 0. The molecule has 8 heteroatoms. The topological polar surface area (TPSA) is 63.2 Å². The first-order valence-corrected chi connectivity index (χ1v) is 9.44. The highest BCUT2D eigenvalue weighted by atomic mass is 127. The van der Waals surface area contributed by atoms with E-state index in [9.17, 15) is 4.79 Å². The van der Waals surface area contributed by atoms with Crippen molar-refractivity contribution in [3.8, 4) is 5.75 Å². The maximum Gasteiger partial charge on any atom is 0.308 e. The number of benzene rings is 1. The summed E-state index contributed by atoms with van der Waals surface area (Å²) in [7, 11) is 1.45. The van der Waals surface area contributed by atoms with Crippen LogP contribution in [0.2, 0.25) is 5.02 Å². The lowest BCUT2D eigenvalue weighted by molar-refractivity contribution is -0.146. The van der Waals surface area contributed by atoms with Crippen LogP contribution in [0.15, 0.2) is 29.3 Å². The highest BCUT2D eigenvalue weighted by Crippen LogP contribution is 2.20. The van der Waals surface area contributed by atoms with Gasteiger partial charge in [-0.05, 0) is 44.9 Å². The van der Waals surface area contributed by atoms with E-state index in [4.69, 9.17) is 26.1 Å². The molecule has 0 saturated carbocycles. The second-order valence-electron chi connectivity index (χ2n) is 6.36. The lowest BCUT2D eigenvalue weighted by Gasteiger charge is -2.33. The number of guanidine groups is 1. The van der Waals surface area contributed by atoms with Crippen LogP contribution in [-0.4, -0.2) is 56.2 Å². The number of carbonyl (C=O) groups is 1. The Bertz CT molecular complexity index is 622. The van der Waals surface area contributed by atoms with Crippen molar-refractivity contribution in [1.82, 2.24) is 10.2 Å². The van der Waals surface area contributed by atoms with Crippen LogP contribution < -0.4 is 10.1 Å². The lowest BCUT2D eigenvalue weighted by atomic mass is 9.97. The summed E-state index contributed by atoms with van der Waals surface area (Å²) in [4.78, 5) is 18.6. The Hall–Kier alpha value is -1.22. The predicted molar refractivity (Wildman–Crippen MR) is 119 cm³/mol. The number of piperidine rings is 1. The minimum atomic E-state index is -0.116. The highest BCUT2D eigenvalue weighted by molar-refractivity contribution is 14.0. The Kier molecular flexibility index (Phi) is 10.8. The summed E-state index contributed by atoms with van der Waals surface area (Å²) >= 11 is 5.99. The number of methoxy groups -OCH3 is 1. The number of likely N-dealkylation sites (tertiary alicyclic amines) is 1. The van der Waals surface area contributed by atoms with E-state index in [-0.39, 0.29) is 42.0 Å². The van der Waals surface area contributed by atoms with Crippen LogP contribution in [0, 0.1) is 5.92 Å². The van der Waals surface area contributed by atoms with E-state index in [1.807, 2.05) is 32.0 Å². The first-order chi connectivity index (χ1) is 12.5. The number of aliphatic imine (C=N–C) groups is 1. The Morgan fingerprint density at radius 2 is 2.11 bits per heavy atom. The summed E-state index contributed by atoms with van der Waals surface area (Å²) in [6.45, 7) is 6.93. The van der Waals surface area contributed by atoms with Gasteiger partial charge in [-0.1, -0.05) is 17.7 Å². The van der Waals surface area contributed by atoms with E-state index in [1.165, 1.54) is 7.11 Å². The predicted octanol–water partition coefficient (Wildman–Crippen LogP) is 3.58. The molecule has 2 rings (SSSR count). The van der Waals surface area contributed by atoms with Gasteiger partial charge in [-0.2, -0.15) is 0 Å². The number of ether oxygens (including phenoxy) is 2. The molecule has 0 bridgehead atoms. The minimum Gasteiger partial charge on any atom is -0.489 e. The number of carbonyl (C=O) groups excluding carboxylic acids is 1. The van der Waals surface area contributed by atoms with E-state index in [0.717, 1.165) is 44.2 Å². The van der Waals surface area contributed by atoms with Gasteiger partial charge in [-0.15, -0.1) is 24.0 Å². The van der Waals surface area contributed by atoms with Crippen molar-refractivity contribution in [1.29, 1.82) is 0 Å². The molecule has 6 nitrogen and oxygen atoms in total. The van der Waals surface area contributed by atoms with E-state index in [2.05, 4.69) is 10.2 Å². The third-order valence-electron chi connectivity index (χ3n) is 4.30. The van der Waals surface area contributed by atoms with Crippen molar-refractivity contribution in [2.45, 2.75) is 32.8 Å². The summed E-state index contributed by atoms with van der Waals surface area (Å²) in [5.74, 6) is 1.47. The first kappa shape index (κ1) is 23.8. The molecule has 152 valence electrons. The van der Waals surface area contributed by atoms with Crippen molar-refractivity contribution in [2.75, 3.05) is 33.3 Å². The summed E-state index contributed by atoms with van der Waals surface area (Å²) < 4.78 is 10.7. The zero-order valence-electron chi connectivity index (χ0n) is 16.1. The fraction of sp³-hybridized carbons (Fsp3) is 0.579. The number of esters is 1. The lowest BCUT2D eigenvalue weighted by Crippen LogP contribution is -2.47. The van der Waals surface area contributed by atoms with E-state index in [0.29, 0.717) is 11.6 Å². The van der Waals surface area contributed by atoms with E-state index >= 15 is 0 Å². The zero-order valence-corrected chi connectivity index (χ0v) is 19.2. The molecule has 1 aliphatic heterocycles. The molecule has 1 fully saturated rings. The van der Waals surface area contributed by atoms with E-state index in [1.54, 1.807) is 6.07 Å². The van der Waals surface area contributed by atoms with Gasteiger partial charge in [0, 0.05) is 24.7 Å². The number of halogens is 2. The Labute approximate surface area is 183 Å². The van der Waals surface area contributed by atoms with Gasteiger partial charge in [0.15, 0.2) is 5.96 Å². The number of hydrogen-bond acceptors (Lipinski definition) is 4. The Balaban J connectivity index is 0.00000364. The van der Waals surface area contributed by atoms with Gasteiger partial charge in [0.05, 0.1) is 19.6 Å². The Morgan fingerprint density at radius 3 is 2.70 bits per heavy atom. The quantitative estimate of drug-likeness (QED) is 0.275. The number of nitrogens with one attached hydrogen (secondary N) is 1. The average molecular weight is 510 g/mol. The highest BCUT2D eigenvalue weighted by Gasteiger charge is 2.27. The monoisotopic (exact) mass is 509 g/mol. The van der Waals surface area contributed by atoms with Crippen molar-refractivity contribution in [3.63, 3.8) is 0 Å². The first-order valence-electron chi connectivity index (χ1n) is 9.06. The summed E-state index contributed by atoms with van der Waals surface area (Å²) in [6.07, 6.45) is 1.49. The molecule has 1 heterocycles. The molecule has 1 aromatic carbocycles. The van der Waals surface area contributed by atoms with Gasteiger partial charge in [0.25, 0.3) is 0 Å². The molecule has 0 aliphatic carbocycles. The summed E-state index contributed by atoms with van der Waals surface area (Å²) in [5.41, 5.74) is 0. The van der Waals surface area contributed by atoms with Gasteiger partial charge in [0.2, 0.25) is 0 Å². The molecule has 27 heavy (non-hydrogen) atoms. The van der Waals surface area contributed by atoms with Gasteiger partial charge >= 0.3 is 5.97 Å². The van der Waals surface area contributed by atoms with Crippen LogP contribution >= 0.6 is 35.6 Å². The maximum absolute atomic E-state index is 11.7. The maximum atomic E-state index is 11.7. The molecular weight excluding hydrogens is 481 g/mol. The molecule has 1 atom stereocenters. The fourth-order valence-corrected chi connectivity index (χ4v) is 3.12. The third kappa shape index (κ3) is 7.73. The molecule has 1 unspecified atom stereocenters. The van der Waals surface area contributed by atoms with Gasteiger partial charge < -0.3 is 19.7 Å². The summed E-state index contributed by atoms with van der Waals surface area (Å²) in [6, 6.07) is 7.36. The van der Waals surface area contributed by atoms with Crippen LogP contribution in [-0.2, 0) is 9.53 Å². The molecule has 0 aromatic heterocycles. The standard InChI is InChI=1S/C19H28ClN3O3.HI/c1-4-21-19(23-10-8-15(9-11-23)18(24)25-3)22-13-14(2)26-17-7-5-6-16(20)12-17;/h5-7,12,14-15H,4,8-11,13H2,1-3H3,(H,21,22);1H. The van der Waals surface area contributed by atoms with Gasteiger partial charge in [-0.3, -0.25) is 4.79 Å². The number of hydrogen-bond donors (Lipinski definition) is 1. The average Bonchev–Trinajstić information content (AvgIpc) is 2.64. The van der Waals surface area contributed by atoms with Crippen LogP contribution in [0.25, 0.3) is 0 Å². The van der Waals surface area contributed by atoms with Crippen LogP contribution in [0.5, 0.6) is 5.75 Å². The fourth-order valence-electron chi connectivity index (χ4n) is 2.94. The normalized spacial score (nSPS) is 16.3. The molecule has 1 aromatic rings. The SMILES string of the molecule is CCNC(=NCC(C)Oc1cccc(Cl)c1)N1CCC(C(=O)OC)CC1.I. The van der Waals surface area contributed by atoms with E-state index < -0.39 is 0 Å². The van der Waals surface area contributed by atoms with Crippen LogP contribution in [0.4, 0.5) is 0 Å². The number of rotatable bonds is 6. The second kappa shape index (κ2) is 12.3. The second-order valence-corrected chi connectivity index (χ2v) is 6.80. The molecule has 1 N–H and O–H groups in total. The number of nitrogens with zero attached hydrogens (tertiary/aromatic N) is 2. The van der Waals surface area contributed by atoms with Crippen molar-refractivity contribution in [2.24, 2.45) is 10.9 Å². The molecule has 1 saturated heterocycles. The van der Waals surface area contributed by atoms with Crippen molar-refractivity contribution >= 4 is 47.5 Å². The third-order valence-corrected chi connectivity index (χ3v) is 4.53. The molecular formula is C19H29ClIN3O3. The van der Waals surface area contributed by atoms with Gasteiger partial charge in [-0.25, -0.2) is 4.99 Å². The smallest absolute Gasteiger partial charge is 0.308 e. The van der Waals surface area contributed by atoms with Gasteiger partial charge in [0.1, 0.15) is 11.9 Å². The molecule has 0 amide bonds. The van der Waals surface area contributed by atoms with Crippen molar-refractivity contribution in [3.05, 3.63) is 29.3 Å². The van der Waals surface area contributed by atoms with Crippen LogP contribution in [0.1, 0.15) is 26.7 Å².